The maximum atomic E-state index is 5.34. The summed E-state index contributed by atoms with van der Waals surface area (Å²) in [6, 6.07) is 6.19. The molecule has 0 amide bonds. The molecule has 1 aliphatic heterocycles. The minimum Gasteiger partial charge on any atom is -0.379 e. The summed E-state index contributed by atoms with van der Waals surface area (Å²) >= 11 is 0. The van der Waals surface area contributed by atoms with Crippen LogP contribution < -0.4 is 0 Å². The molecule has 0 spiro atoms. The van der Waals surface area contributed by atoms with Crippen LogP contribution in [0.5, 0.6) is 0 Å². The number of benzene rings is 1. The van der Waals surface area contributed by atoms with E-state index in [1.807, 2.05) is 4.68 Å². The molecule has 1 aromatic carbocycles. The van der Waals surface area contributed by atoms with Gasteiger partial charge in [0.1, 0.15) is 5.52 Å². The molecule has 0 atom stereocenters. The van der Waals surface area contributed by atoms with Crippen LogP contribution in [0.15, 0.2) is 18.2 Å². The summed E-state index contributed by atoms with van der Waals surface area (Å²) in [6.07, 6.45) is 0. The molecule has 2 aromatic rings. The van der Waals surface area contributed by atoms with E-state index in [0.29, 0.717) is 0 Å². The standard InChI is InChI=1S/C12H16N4O/c1-10-3-2-4-11-12(10)13-14-16(11)9-15-5-7-17-8-6-15/h2-4H,5-9H2,1H3. The van der Waals surface area contributed by atoms with E-state index in [2.05, 4.69) is 40.3 Å². The second-order valence-corrected chi connectivity index (χ2v) is 4.40. The van der Waals surface area contributed by atoms with Gasteiger partial charge >= 0.3 is 0 Å². The van der Waals surface area contributed by atoms with E-state index in [4.69, 9.17) is 4.74 Å². The molecule has 2 heterocycles. The number of fused-ring (bicyclic) bond motifs is 1. The molecule has 1 aromatic heterocycles. The smallest absolute Gasteiger partial charge is 0.116 e. The van der Waals surface area contributed by atoms with Gasteiger partial charge in [0, 0.05) is 13.1 Å². The van der Waals surface area contributed by atoms with Gasteiger partial charge in [-0.15, -0.1) is 5.10 Å². The van der Waals surface area contributed by atoms with E-state index in [-0.39, 0.29) is 0 Å². The Kier molecular flexibility index (Phi) is 2.78. The number of aryl methyl sites for hydroxylation is 1. The predicted octanol–water partition coefficient (Wildman–Crippen LogP) is 1.03. The Labute approximate surface area is 100.0 Å². The fraction of sp³-hybridized carbons (Fsp3) is 0.500. The van der Waals surface area contributed by atoms with Gasteiger partial charge in [-0.3, -0.25) is 4.90 Å². The maximum Gasteiger partial charge on any atom is 0.116 e. The fourth-order valence-corrected chi connectivity index (χ4v) is 2.17. The number of hydrogen-bond acceptors (Lipinski definition) is 4. The van der Waals surface area contributed by atoms with Crippen molar-refractivity contribution in [3.8, 4) is 0 Å². The van der Waals surface area contributed by atoms with Gasteiger partial charge in [0.05, 0.1) is 25.4 Å². The summed E-state index contributed by atoms with van der Waals surface area (Å²) in [4.78, 5) is 2.33. The zero-order valence-corrected chi connectivity index (χ0v) is 9.96. The second kappa shape index (κ2) is 4.43. The lowest BCUT2D eigenvalue weighted by Gasteiger charge is -2.26. The van der Waals surface area contributed by atoms with E-state index in [0.717, 1.165) is 44.0 Å². The van der Waals surface area contributed by atoms with E-state index in [9.17, 15) is 0 Å². The van der Waals surface area contributed by atoms with Crippen molar-refractivity contribution in [2.24, 2.45) is 0 Å². The Bertz CT molecular complexity index is 516. The molecule has 0 radical (unpaired) electrons. The normalized spacial score (nSPS) is 17.7. The number of hydrogen-bond donors (Lipinski definition) is 0. The summed E-state index contributed by atoms with van der Waals surface area (Å²) in [5, 5.41) is 8.47. The van der Waals surface area contributed by atoms with Gasteiger partial charge in [-0.25, -0.2) is 4.68 Å². The molecule has 1 fully saturated rings. The summed E-state index contributed by atoms with van der Waals surface area (Å²) in [6.45, 7) is 6.41. The summed E-state index contributed by atoms with van der Waals surface area (Å²) in [7, 11) is 0. The highest BCUT2D eigenvalue weighted by molar-refractivity contribution is 5.77. The average molecular weight is 232 g/mol. The number of ether oxygens (including phenoxy) is 1. The van der Waals surface area contributed by atoms with Crippen LogP contribution >= 0.6 is 0 Å². The van der Waals surface area contributed by atoms with Crippen molar-refractivity contribution in [1.29, 1.82) is 0 Å². The fourth-order valence-electron chi connectivity index (χ4n) is 2.17. The molecule has 0 unspecified atom stereocenters. The van der Waals surface area contributed by atoms with Gasteiger partial charge in [0.15, 0.2) is 0 Å². The molecule has 5 nitrogen and oxygen atoms in total. The molecular weight excluding hydrogens is 216 g/mol. The molecule has 5 heteroatoms. The monoisotopic (exact) mass is 232 g/mol. The van der Waals surface area contributed by atoms with Crippen molar-refractivity contribution in [2.45, 2.75) is 13.6 Å². The van der Waals surface area contributed by atoms with Crippen LogP contribution in [0.25, 0.3) is 11.0 Å². The van der Waals surface area contributed by atoms with Gasteiger partial charge in [-0.05, 0) is 18.6 Å². The van der Waals surface area contributed by atoms with Gasteiger partial charge in [-0.2, -0.15) is 0 Å². The molecular formula is C12H16N4O. The van der Waals surface area contributed by atoms with Crippen LogP contribution in [0.4, 0.5) is 0 Å². The van der Waals surface area contributed by atoms with Crippen LogP contribution in [0.1, 0.15) is 5.56 Å². The number of rotatable bonds is 2. The molecule has 0 saturated carbocycles. The Balaban J connectivity index is 1.87. The predicted molar refractivity (Wildman–Crippen MR) is 64.7 cm³/mol. The SMILES string of the molecule is Cc1cccc2c1nnn2CN1CCOCC1. The zero-order valence-electron chi connectivity index (χ0n) is 9.96. The van der Waals surface area contributed by atoms with Crippen LogP contribution in [-0.4, -0.2) is 46.2 Å². The second-order valence-electron chi connectivity index (χ2n) is 4.40. The van der Waals surface area contributed by atoms with Crippen LogP contribution in [0.3, 0.4) is 0 Å². The molecule has 0 N–H and O–H groups in total. The number of morpholine rings is 1. The molecule has 90 valence electrons. The van der Waals surface area contributed by atoms with Crippen molar-refractivity contribution in [3.63, 3.8) is 0 Å². The third kappa shape index (κ3) is 2.03. The third-order valence-corrected chi connectivity index (χ3v) is 3.18. The summed E-state index contributed by atoms with van der Waals surface area (Å²) in [5.41, 5.74) is 3.29. The van der Waals surface area contributed by atoms with Crippen molar-refractivity contribution >= 4 is 11.0 Å². The minimum atomic E-state index is 0.795. The van der Waals surface area contributed by atoms with Crippen LogP contribution in [0.2, 0.25) is 0 Å². The summed E-state index contributed by atoms with van der Waals surface area (Å²) < 4.78 is 7.30. The highest BCUT2D eigenvalue weighted by Gasteiger charge is 2.13. The molecule has 0 bridgehead atoms. The summed E-state index contributed by atoms with van der Waals surface area (Å²) in [5.74, 6) is 0. The van der Waals surface area contributed by atoms with E-state index < -0.39 is 0 Å². The Morgan fingerprint density at radius 1 is 1.29 bits per heavy atom. The third-order valence-electron chi connectivity index (χ3n) is 3.18. The Morgan fingerprint density at radius 2 is 2.12 bits per heavy atom. The molecule has 3 rings (SSSR count). The zero-order chi connectivity index (χ0) is 11.7. The van der Waals surface area contributed by atoms with Gasteiger partial charge < -0.3 is 4.74 Å². The van der Waals surface area contributed by atoms with Gasteiger partial charge in [-0.1, -0.05) is 17.3 Å². The van der Waals surface area contributed by atoms with Crippen molar-refractivity contribution < 1.29 is 4.74 Å². The van der Waals surface area contributed by atoms with Crippen molar-refractivity contribution in [1.82, 2.24) is 19.9 Å². The first-order valence-corrected chi connectivity index (χ1v) is 5.93. The van der Waals surface area contributed by atoms with Crippen molar-refractivity contribution in [3.05, 3.63) is 23.8 Å². The lowest BCUT2D eigenvalue weighted by molar-refractivity contribution is 0.0218. The van der Waals surface area contributed by atoms with E-state index >= 15 is 0 Å². The molecule has 17 heavy (non-hydrogen) atoms. The Morgan fingerprint density at radius 3 is 2.94 bits per heavy atom. The molecule has 0 aliphatic carbocycles. The van der Waals surface area contributed by atoms with Crippen molar-refractivity contribution in [2.75, 3.05) is 26.3 Å². The highest BCUT2D eigenvalue weighted by Crippen LogP contribution is 2.15. The molecule has 1 aliphatic rings. The lowest BCUT2D eigenvalue weighted by Crippen LogP contribution is -2.37. The highest BCUT2D eigenvalue weighted by atomic mass is 16.5. The average Bonchev–Trinajstić information content (AvgIpc) is 2.76. The van der Waals surface area contributed by atoms with Crippen LogP contribution in [-0.2, 0) is 11.4 Å². The molecule has 1 saturated heterocycles. The Hall–Kier alpha value is -1.46. The first-order valence-electron chi connectivity index (χ1n) is 5.93. The number of nitrogens with zero attached hydrogens (tertiary/aromatic N) is 4. The quantitative estimate of drug-likeness (QED) is 0.775. The lowest BCUT2D eigenvalue weighted by atomic mass is 10.2. The largest absolute Gasteiger partial charge is 0.379 e. The topological polar surface area (TPSA) is 43.2 Å². The van der Waals surface area contributed by atoms with Gasteiger partial charge in [0.2, 0.25) is 0 Å². The van der Waals surface area contributed by atoms with Gasteiger partial charge in [0.25, 0.3) is 0 Å². The first-order chi connectivity index (χ1) is 8.34. The minimum absolute atomic E-state index is 0.795. The maximum absolute atomic E-state index is 5.34. The first kappa shape index (κ1) is 10.7. The number of aromatic nitrogens is 3. The van der Waals surface area contributed by atoms with Crippen LogP contribution in [0, 0.1) is 6.92 Å². The van der Waals surface area contributed by atoms with E-state index in [1.165, 1.54) is 5.56 Å². The van der Waals surface area contributed by atoms with E-state index in [1.54, 1.807) is 0 Å².